The van der Waals surface area contributed by atoms with Crippen LogP contribution in [0.25, 0.3) is 0 Å². The lowest BCUT2D eigenvalue weighted by Crippen LogP contribution is -2.48. The molecule has 6 heteroatoms. The molecule has 1 fully saturated rings. The van der Waals surface area contributed by atoms with E-state index in [0.29, 0.717) is 24.9 Å². The maximum atomic E-state index is 12.7. The molecule has 0 aliphatic carbocycles. The summed E-state index contributed by atoms with van der Waals surface area (Å²) >= 11 is 5.77. The number of halogens is 2. The van der Waals surface area contributed by atoms with Crippen molar-refractivity contribution in [3.63, 3.8) is 0 Å². The Kier molecular flexibility index (Phi) is 3.56. The summed E-state index contributed by atoms with van der Waals surface area (Å²) in [5, 5.41) is 0. The minimum atomic E-state index is -0.432. The molecular formula is C10H13ClFN3O. The molecular weight excluding hydrogens is 233 g/mol. The number of nitrogens with zero attached hydrogens (tertiary/aromatic N) is 3. The average molecular weight is 246 g/mol. The normalized spacial score (nSPS) is 25.8. The Morgan fingerprint density at radius 2 is 2.19 bits per heavy atom. The van der Waals surface area contributed by atoms with E-state index in [1.54, 1.807) is 0 Å². The van der Waals surface area contributed by atoms with Gasteiger partial charge < -0.3 is 9.64 Å². The lowest BCUT2D eigenvalue weighted by molar-refractivity contribution is -0.00384. The van der Waals surface area contributed by atoms with Gasteiger partial charge in [0, 0.05) is 13.1 Å². The summed E-state index contributed by atoms with van der Waals surface area (Å²) in [6.45, 7) is 3.30. The molecule has 1 aliphatic rings. The van der Waals surface area contributed by atoms with Gasteiger partial charge in [-0.05, 0) is 6.92 Å². The number of ether oxygens (including phenoxy) is 1. The molecule has 2 rings (SSSR count). The van der Waals surface area contributed by atoms with E-state index >= 15 is 0 Å². The number of aromatic nitrogens is 2. The van der Waals surface area contributed by atoms with Crippen molar-refractivity contribution in [2.75, 3.05) is 23.9 Å². The predicted octanol–water partition coefficient (Wildman–Crippen LogP) is 1.45. The second-order valence-corrected chi connectivity index (χ2v) is 4.14. The lowest BCUT2D eigenvalue weighted by Gasteiger charge is -2.35. The molecule has 4 nitrogen and oxygen atoms in total. The van der Waals surface area contributed by atoms with Crippen LogP contribution in [0.15, 0.2) is 12.4 Å². The molecule has 1 aliphatic heterocycles. The highest BCUT2D eigenvalue weighted by Crippen LogP contribution is 2.16. The van der Waals surface area contributed by atoms with Gasteiger partial charge in [-0.3, -0.25) is 0 Å². The zero-order valence-electron chi connectivity index (χ0n) is 8.94. The van der Waals surface area contributed by atoms with E-state index in [-0.39, 0.29) is 12.2 Å². The van der Waals surface area contributed by atoms with Crippen LogP contribution in [-0.4, -0.2) is 41.1 Å². The number of hydrogen-bond donors (Lipinski definition) is 0. The minimum Gasteiger partial charge on any atom is -0.370 e. The number of anilines is 1. The molecule has 2 unspecified atom stereocenters. The zero-order valence-corrected chi connectivity index (χ0v) is 9.69. The molecule has 0 N–H and O–H groups in total. The Labute approximate surface area is 98.4 Å². The van der Waals surface area contributed by atoms with Crippen LogP contribution in [0.2, 0.25) is 0 Å². The first-order valence-electron chi connectivity index (χ1n) is 5.13. The third kappa shape index (κ3) is 2.59. The molecule has 1 saturated heterocycles. The Hall–Kier alpha value is -0.940. The molecule has 0 aromatic carbocycles. The van der Waals surface area contributed by atoms with Crippen LogP contribution >= 0.6 is 11.6 Å². The third-order valence-electron chi connectivity index (χ3n) is 2.39. The fourth-order valence-electron chi connectivity index (χ4n) is 1.76. The Balaban J connectivity index is 2.11. The van der Waals surface area contributed by atoms with Crippen molar-refractivity contribution >= 4 is 17.5 Å². The van der Waals surface area contributed by atoms with E-state index in [0.717, 1.165) is 12.4 Å². The van der Waals surface area contributed by atoms with Gasteiger partial charge in [0.25, 0.3) is 0 Å². The number of hydrogen-bond acceptors (Lipinski definition) is 4. The summed E-state index contributed by atoms with van der Waals surface area (Å²) in [5.74, 6) is 0.521. The highest BCUT2D eigenvalue weighted by atomic mass is 35.5. The molecule has 0 saturated carbocycles. The SMILES string of the molecule is CC1CN(c2ncc(F)cn2)CC(CCl)O1. The van der Waals surface area contributed by atoms with Gasteiger partial charge in [0.2, 0.25) is 5.95 Å². The summed E-state index contributed by atoms with van der Waals surface area (Å²) < 4.78 is 18.3. The Bertz CT molecular complexity index is 348. The van der Waals surface area contributed by atoms with Crippen LogP contribution < -0.4 is 4.90 Å². The van der Waals surface area contributed by atoms with Crippen LogP contribution in [0.5, 0.6) is 0 Å². The van der Waals surface area contributed by atoms with Gasteiger partial charge in [0.05, 0.1) is 30.5 Å². The fraction of sp³-hybridized carbons (Fsp3) is 0.600. The molecule has 0 spiro atoms. The van der Waals surface area contributed by atoms with E-state index in [1.165, 1.54) is 0 Å². The average Bonchev–Trinajstić information content (AvgIpc) is 2.29. The van der Waals surface area contributed by atoms with Gasteiger partial charge in [0.1, 0.15) is 0 Å². The molecule has 2 heterocycles. The summed E-state index contributed by atoms with van der Waals surface area (Å²) in [7, 11) is 0. The largest absolute Gasteiger partial charge is 0.370 e. The van der Waals surface area contributed by atoms with Crippen molar-refractivity contribution in [3.8, 4) is 0 Å². The first kappa shape index (κ1) is 11.5. The van der Waals surface area contributed by atoms with Crippen molar-refractivity contribution in [2.24, 2.45) is 0 Å². The summed E-state index contributed by atoms with van der Waals surface area (Å²) in [6.07, 6.45) is 2.38. The van der Waals surface area contributed by atoms with Gasteiger partial charge in [0.15, 0.2) is 5.82 Å². The standard InChI is InChI=1S/C10H13ClFN3O/c1-7-5-15(6-9(2-11)16-7)10-13-3-8(12)4-14-10/h3-4,7,9H,2,5-6H2,1H3. The van der Waals surface area contributed by atoms with Crippen LogP contribution in [0, 0.1) is 5.82 Å². The Morgan fingerprint density at radius 3 is 2.81 bits per heavy atom. The summed E-state index contributed by atoms with van der Waals surface area (Å²) in [5.41, 5.74) is 0. The van der Waals surface area contributed by atoms with Crippen molar-refractivity contribution in [3.05, 3.63) is 18.2 Å². The highest BCUT2D eigenvalue weighted by Gasteiger charge is 2.26. The molecule has 0 radical (unpaired) electrons. The van der Waals surface area contributed by atoms with E-state index in [1.807, 2.05) is 11.8 Å². The Morgan fingerprint density at radius 1 is 1.50 bits per heavy atom. The molecule has 16 heavy (non-hydrogen) atoms. The van der Waals surface area contributed by atoms with E-state index in [2.05, 4.69) is 9.97 Å². The topological polar surface area (TPSA) is 38.2 Å². The summed E-state index contributed by atoms with van der Waals surface area (Å²) in [4.78, 5) is 9.85. The monoisotopic (exact) mass is 245 g/mol. The first-order valence-corrected chi connectivity index (χ1v) is 5.66. The maximum absolute atomic E-state index is 12.7. The quantitative estimate of drug-likeness (QED) is 0.740. The fourth-order valence-corrected chi connectivity index (χ4v) is 1.93. The van der Waals surface area contributed by atoms with Gasteiger partial charge in [-0.15, -0.1) is 11.6 Å². The molecule has 88 valence electrons. The smallest absolute Gasteiger partial charge is 0.225 e. The molecule has 2 atom stereocenters. The third-order valence-corrected chi connectivity index (χ3v) is 2.73. The van der Waals surface area contributed by atoms with Gasteiger partial charge in [-0.1, -0.05) is 0 Å². The molecule has 0 amide bonds. The summed E-state index contributed by atoms with van der Waals surface area (Å²) in [6, 6.07) is 0. The molecule has 1 aromatic heterocycles. The van der Waals surface area contributed by atoms with Crippen molar-refractivity contribution in [1.82, 2.24) is 9.97 Å². The van der Waals surface area contributed by atoms with Gasteiger partial charge in [-0.2, -0.15) is 0 Å². The lowest BCUT2D eigenvalue weighted by atomic mass is 10.2. The van der Waals surface area contributed by atoms with Gasteiger partial charge in [-0.25, -0.2) is 14.4 Å². The minimum absolute atomic E-state index is 0.0286. The second kappa shape index (κ2) is 4.93. The second-order valence-electron chi connectivity index (χ2n) is 3.83. The van der Waals surface area contributed by atoms with Crippen LogP contribution in [0.3, 0.4) is 0 Å². The van der Waals surface area contributed by atoms with E-state index in [4.69, 9.17) is 16.3 Å². The first-order chi connectivity index (χ1) is 7.69. The highest BCUT2D eigenvalue weighted by molar-refractivity contribution is 6.18. The van der Waals surface area contributed by atoms with Gasteiger partial charge >= 0.3 is 0 Å². The van der Waals surface area contributed by atoms with Crippen LogP contribution in [0.4, 0.5) is 10.3 Å². The van der Waals surface area contributed by atoms with Crippen molar-refractivity contribution < 1.29 is 9.13 Å². The van der Waals surface area contributed by atoms with Crippen LogP contribution in [-0.2, 0) is 4.74 Å². The number of alkyl halides is 1. The van der Waals surface area contributed by atoms with Crippen molar-refractivity contribution in [2.45, 2.75) is 19.1 Å². The molecule has 1 aromatic rings. The zero-order chi connectivity index (χ0) is 11.5. The predicted molar refractivity (Wildman–Crippen MR) is 59.3 cm³/mol. The van der Waals surface area contributed by atoms with Crippen molar-refractivity contribution in [1.29, 1.82) is 0 Å². The van der Waals surface area contributed by atoms with E-state index < -0.39 is 5.82 Å². The number of rotatable bonds is 2. The van der Waals surface area contributed by atoms with Crippen LogP contribution in [0.1, 0.15) is 6.92 Å². The number of morpholine rings is 1. The van der Waals surface area contributed by atoms with E-state index in [9.17, 15) is 4.39 Å². The maximum Gasteiger partial charge on any atom is 0.225 e. The molecule has 0 bridgehead atoms.